The van der Waals surface area contributed by atoms with Gasteiger partial charge in [-0.05, 0) is 49.1 Å². The zero-order chi connectivity index (χ0) is 25.5. The van der Waals surface area contributed by atoms with Gasteiger partial charge in [-0.2, -0.15) is 0 Å². The van der Waals surface area contributed by atoms with Crippen molar-refractivity contribution in [1.29, 1.82) is 0 Å². The van der Waals surface area contributed by atoms with E-state index in [1.54, 1.807) is 24.3 Å². The highest BCUT2D eigenvalue weighted by Gasteiger charge is 2.14. The minimum atomic E-state index is -1.43. The summed E-state index contributed by atoms with van der Waals surface area (Å²) in [5, 5.41) is 18.2. The number of ketones is 1. The highest BCUT2D eigenvalue weighted by molar-refractivity contribution is 5.96. The number of aliphatic hydroxyl groups is 1. The molecule has 0 bridgehead atoms. The maximum absolute atomic E-state index is 12.3. The molecule has 0 aromatic heterocycles. The van der Waals surface area contributed by atoms with E-state index in [9.17, 15) is 14.7 Å². The number of ether oxygens (including phenoxy) is 2. The number of hydrogen-bond donors (Lipinski definition) is 2. The number of carbonyl (C=O) groups is 2. The zero-order valence-electron chi connectivity index (χ0n) is 20.6. The van der Waals surface area contributed by atoms with Gasteiger partial charge in [-0.25, -0.2) is 4.79 Å². The Bertz CT molecular complexity index is 976. The standard InChI is InChI=1S/C27H30O6.C2H6/c28-25(21-12-10-20(11-13-21)19-26(29)27(30)31)9-5-2-6-18-32-22-14-16-24(17-15-22)33-23-7-3-1-4-8-23;1-2/h1,3-4,7-8,10-14,16,26,29H,2,5-6,9,15,17-19H2,(H,30,31);1-2H3. The molecule has 188 valence electrons. The van der Waals surface area contributed by atoms with Crippen molar-refractivity contribution in [3.8, 4) is 5.75 Å². The summed E-state index contributed by atoms with van der Waals surface area (Å²) in [5.41, 5.74) is 1.29. The molecule has 0 saturated carbocycles. The predicted octanol–water partition coefficient (Wildman–Crippen LogP) is 6.10. The Morgan fingerprint density at radius 2 is 1.54 bits per heavy atom. The number of rotatable bonds is 13. The molecule has 6 heteroatoms. The van der Waals surface area contributed by atoms with Crippen LogP contribution in [-0.2, 0) is 16.0 Å². The molecule has 1 aliphatic rings. The smallest absolute Gasteiger partial charge is 0.332 e. The quantitative estimate of drug-likeness (QED) is 0.266. The van der Waals surface area contributed by atoms with E-state index in [1.165, 1.54) is 0 Å². The molecule has 2 N–H and O–H groups in total. The van der Waals surface area contributed by atoms with Crippen LogP contribution in [0.1, 0.15) is 68.3 Å². The summed E-state index contributed by atoms with van der Waals surface area (Å²) in [6.07, 6.45) is 7.17. The second kappa shape index (κ2) is 15.5. The molecule has 1 aliphatic carbocycles. The molecule has 0 aliphatic heterocycles. The lowest BCUT2D eigenvalue weighted by Gasteiger charge is -2.16. The van der Waals surface area contributed by atoms with E-state index in [0.29, 0.717) is 24.2 Å². The average Bonchev–Trinajstić information content (AvgIpc) is 2.89. The van der Waals surface area contributed by atoms with Crippen LogP contribution in [0.4, 0.5) is 0 Å². The first-order valence-electron chi connectivity index (χ1n) is 12.3. The normalized spacial score (nSPS) is 13.5. The number of aliphatic hydroxyl groups excluding tert-OH is 1. The number of carboxylic acid groups (broad SMARTS) is 1. The first kappa shape index (κ1) is 27.9. The van der Waals surface area contributed by atoms with E-state index >= 15 is 0 Å². The topological polar surface area (TPSA) is 93.1 Å². The molecule has 0 amide bonds. The van der Waals surface area contributed by atoms with E-state index < -0.39 is 12.1 Å². The number of Topliss-reactive ketones (excluding diaryl/α,β-unsaturated/α-hetero) is 1. The monoisotopic (exact) mass is 480 g/mol. The lowest BCUT2D eigenvalue weighted by molar-refractivity contribution is -0.146. The first-order valence-corrected chi connectivity index (χ1v) is 12.3. The van der Waals surface area contributed by atoms with Gasteiger partial charge >= 0.3 is 5.97 Å². The molecule has 2 aromatic carbocycles. The van der Waals surface area contributed by atoms with Gasteiger partial charge in [-0.3, -0.25) is 4.79 Å². The third-order valence-corrected chi connectivity index (χ3v) is 5.39. The van der Waals surface area contributed by atoms with Crippen LogP contribution in [0.3, 0.4) is 0 Å². The lowest BCUT2D eigenvalue weighted by Crippen LogP contribution is -2.21. The number of allylic oxidation sites excluding steroid dienone is 4. The van der Waals surface area contributed by atoms with Gasteiger partial charge in [0, 0.05) is 31.2 Å². The lowest BCUT2D eigenvalue weighted by atomic mass is 10.0. The van der Waals surface area contributed by atoms with Crippen molar-refractivity contribution >= 4 is 11.8 Å². The number of carboxylic acids is 1. The molecule has 6 nitrogen and oxygen atoms in total. The van der Waals surface area contributed by atoms with Crippen LogP contribution in [0.25, 0.3) is 0 Å². The van der Waals surface area contributed by atoms with Gasteiger partial charge in [-0.15, -0.1) is 0 Å². The van der Waals surface area contributed by atoms with Crippen LogP contribution < -0.4 is 4.74 Å². The third-order valence-electron chi connectivity index (χ3n) is 5.39. The Kier molecular flexibility index (Phi) is 12.3. The van der Waals surface area contributed by atoms with Crippen molar-refractivity contribution in [2.24, 2.45) is 0 Å². The summed E-state index contributed by atoms with van der Waals surface area (Å²) in [6, 6.07) is 16.5. The van der Waals surface area contributed by atoms with Gasteiger partial charge in [0.05, 0.1) is 12.4 Å². The van der Waals surface area contributed by atoms with Crippen molar-refractivity contribution < 1.29 is 29.3 Å². The molecule has 0 saturated heterocycles. The van der Waals surface area contributed by atoms with E-state index in [-0.39, 0.29) is 12.2 Å². The third kappa shape index (κ3) is 10.2. The van der Waals surface area contributed by atoms with Gasteiger partial charge in [-0.1, -0.05) is 56.3 Å². The van der Waals surface area contributed by atoms with Crippen LogP contribution in [0.15, 0.2) is 78.3 Å². The summed E-state index contributed by atoms with van der Waals surface area (Å²) in [4.78, 5) is 23.0. The largest absolute Gasteiger partial charge is 0.498 e. The molecule has 1 atom stereocenters. The Hall–Kier alpha value is -3.38. The molecule has 0 fully saturated rings. The van der Waals surface area contributed by atoms with Crippen molar-refractivity contribution in [1.82, 2.24) is 0 Å². The molecular weight excluding hydrogens is 444 g/mol. The van der Waals surface area contributed by atoms with E-state index in [2.05, 4.69) is 0 Å². The first-order chi connectivity index (χ1) is 17.0. The van der Waals surface area contributed by atoms with Gasteiger partial charge in [0.15, 0.2) is 11.9 Å². The minimum absolute atomic E-state index is 0.0252. The zero-order valence-corrected chi connectivity index (χ0v) is 20.6. The molecule has 35 heavy (non-hydrogen) atoms. The van der Waals surface area contributed by atoms with Crippen molar-refractivity contribution in [2.45, 2.75) is 64.9 Å². The van der Waals surface area contributed by atoms with Crippen LogP contribution >= 0.6 is 0 Å². The SMILES string of the molecule is CC.O=C(CCCCCOC1=CC=C(Oc2ccccc2)CC1)c1ccc(CC(O)C(=O)O)cc1. The molecular formula is C29H36O6. The Labute approximate surface area is 207 Å². The van der Waals surface area contributed by atoms with Crippen molar-refractivity contribution in [3.05, 3.63) is 89.4 Å². The van der Waals surface area contributed by atoms with Gasteiger partial charge in [0.1, 0.15) is 11.5 Å². The highest BCUT2D eigenvalue weighted by atomic mass is 16.5. The summed E-state index contributed by atoms with van der Waals surface area (Å²) >= 11 is 0. The number of hydrogen-bond acceptors (Lipinski definition) is 5. The molecule has 0 heterocycles. The number of aliphatic carboxylic acids is 1. The number of carbonyl (C=O) groups excluding carboxylic acids is 1. The number of para-hydroxylation sites is 1. The van der Waals surface area contributed by atoms with Crippen molar-refractivity contribution in [2.75, 3.05) is 6.61 Å². The Balaban J connectivity index is 0.00000210. The maximum Gasteiger partial charge on any atom is 0.332 e. The Morgan fingerprint density at radius 1 is 0.886 bits per heavy atom. The fourth-order valence-corrected chi connectivity index (χ4v) is 3.49. The summed E-state index contributed by atoms with van der Waals surface area (Å²) < 4.78 is 11.7. The summed E-state index contributed by atoms with van der Waals surface area (Å²) in [7, 11) is 0. The number of unbranched alkanes of at least 4 members (excludes halogenated alkanes) is 2. The fourth-order valence-electron chi connectivity index (χ4n) is 3.49. The van der Waals surface area contributed by atoms with Gasteiger partial charge < -0.3 is 19.7 Å². The minimum Gasteiger partial charge on any atom is -0.498 e. The summed E-state index contributed by atoms with van der Waals surface area (Å²) in [5.74, 6) is 1.53. The molecule has 1 unspecified atom stereocenters. The van der Waals surface area contributed by atoms with Gasteiger partial charge in [0.25, 0.3) is 0 Å². The highest BCUT2D eigenvalue weighted by Crippen LogP contribution is 2.23. The van der Waals surface area contributed by atoms with Crippen LogP contribution in [-0.4, -0.2) is 34.7 Å². The second-order valence-corrected chi connectivity index (χ2v) is 8.02. The molecule has 2 aromatic rings. The fraction of sp³-hybridized carbons (Fsp3) is 0.379. The molecule has 0 spiro atoms. The van der Waals surface area contributed by atoms with E-state index in [0.717, 1.165) is 49.4 Å². The van der Waals surface area contributed by atoms with Crippen LogP contribution in [0, 0.1) is 0 Å². The molecule has 3 rings (SSSR count). The van der Waals surface area contributed by atoms with Gasteiger partial charge in [0.2, 0.25) is 0 Å². The predicted molar refractivity (Wildman–Crippen MR) is 136 cm³/mol. The number of benzene rings is 2. The Morgan fingerprint density at radius 3 is 2.17 bits per heavy atom. The molecule has 0 radical (unpaired) electrons. The average molecular weight is 481 g/mol. The van der Waals surface area contributed by atoms with Crippen LogP contribution in [0.5, 0.6) is 5.75 Å². The van der Waals surface area contributed by atoms with E-state index in [4.69, 9.17) is 14.6 Å². The second-order valence-electron chi connectivity index (χ2n) is 8.02. The van der Waals surface area contributed by atoms with E-state index in [1.807, 2.05) is 56.3 Å². The maximum atomic E-state index is 12.3. The summed E-state index contributed by atoms with van der Waals surface area (Å²) in [6.45, 7) is 4.63. The van der Waals surface area contributed by atoms with Crippen LogP contribution in [0.2, 0.25) is 0 Å². The van der Waals surface area contributed by atoms with Crippen molar-refractivity contribution in [3.63, 3.8) is 0 Å².